The number of rotatable bonds is 2. The summed E-state index contributed by atoms with van der Waals surface area (Å²) >= 11 is 2.59. The van der Waals surface area contributed by atoms with Gasteiger partial charge >= 0.3 is 6.18 Å². The SMILES string of the molecule is NCc1ccc([N+](=O)[O-])c(Br)c1C(F)(F)F. The van der Waals surface area contributed by atoms with Gasteiger partial charge in [0.25, 0.3) is 5.69 Å². The lowest BCUT2D eigenvalue weighted by atomic mass is 10.1. The summed E-state index contributed by atoms with van der Waals surface area (Å²) < 4.78 is 37.3. The van der Waals surface area contributed by atoms with E-state index in [1.807, 2.05) is 0 Å². The summed E-state index contributed by atoms with van der Waals surface area (Å²) in [5.41, 5.74) is 3.23. The van der Waals surface area contributed by atoms with Gasteiger partial charge in [0.15, 0.2) is 0 Å². The molecule has 0 radical (unpaired) electrons. The molecule has 88 valence electrons. The van der Waals surface area contributed by atoms with Crippen molar-refractivity contribution in [2.75, 3.05) is 0 Å². The summed E-state index contributed by atoms with van der Waals surface area (Å²) in [6.45, 7) is -0.342. The van der Waals surface area contributed by atoms with Crippen molar-refractivity contribution in [2.24, 2.45) is 5.73 Å². The maximum Gasteiger partial charge on any atom is 0.418 e. The Morgan fingerprint density at radius 1 is 1.44 bits per heavy atom. The normalized spacial score (nSPS) is 11.6. The Morgan fingerprint density at radius 2 is 2.00 bits per heavy atom. The maximum atomic E-state index is 12.6. The molecule has 0 saturated heterocycles. The van der Waals surface area contributed by atoms with Crippen LogP contribution < -0.4 is 5.73 Å². The molecule has 0 amide bonds. The number of benzene rings is 1. The van der Waals surface area contributed by atoms with Gasteiger partial charge in [-0.05, 0) is 21.5 Å². The van der Waals surface area contributed by atoms with E-state index in [4.69, 9.17) is 5.73 Å². The Kier molecular flexibility index (Phi) is 3.54. The number of nitro benzene ring substituents is 1. The van der Waals surface area contributed by atoms with Gasteiger partial charge < -0.3 is 5.73 Å². The minimum Gasteiger partial charge on any atom is -0.326 e. The monoisotopic (exact) mass is 298 g/mol. The third-order valence-corrected chi connectivity index (χ3v) is 2.71. The zero-order chi connectivity index (χ0) is 12.5. The molecule has 16 heavy (non-hydrogen) atoms. The Morgan fingerprint density at radius 3 is 2.38 bits per heavy atom. The first-order valence-corrected chi connectivity index (χ1v) is 4.81. The zero-order valence-electron chi connectivity index (χ0n) is 7.71. The van der Waals surface area contributed by atoms with Crippen LogP contribution in [0.5, 0.6) is 0 Å². The lowest BCUT2D eigenvalue weighted by Gasteiger charge is -2.13. The molecule has 0 atom stereocenters. The van der Waals surface area contributed by atoms with Gasteiger partial charge in [0.1, 0.15) is 4.47 Å². The average molecular weight is 299 g/mol. The molecule has 2 N–H and O–H groups in total. The van der Waals surface area contributed by atoms with Crippen molar-refractivity contribution in [3.05, 3.63) is 37.8 Å². The highest BCUT2D eigenvalue weighted by atomic mass is 79.9. The van der Waals surface area contributed by atoms with E-state index in [2.05, 4.69) is 15.9 Å². The molecule has 0 heterocycles. The smallest absolute Gasteiger partial charge is 0.326 e. The number of hydrogen-bond acceptors (Lipinski definition) is 3. The van der Waals surface area contributed by atoms with E-state index in [9.17, 15) is 23.3 Å². The molecule has 0 bridgehead atoms. The fraction of sp³-hybridized carbons (Fsp3) is 0.250. The lowest BCUT2D eigenvalue weighted by Crippen LogP contribution is -2.13. The molecule has 1 aromatic carbocycles. The Hall–Kier alpha value is -1.15. The van der Waals surface area contributed by atoms with Crippen LogP contribution in [0.25, 0.3) is 0 Å². The number of nitrogens with two attached hydrogens (primary N) is 1. The van der Waals surface area contributed by atoms with Crippen LogP contribution in [0.2, 0.25) is 0 Å². The van der Waals surface area contributed by atoms with E-state index in [1.54, 1.807) is 0 Å². The predicted molar refractivity (Wildman–Crippen MR) is 53.7 cm³/mol. The number of nitro groups is 1. The fourth-order valence-corrected chi connectivity index (χ4v) is 1.98. The molecule has 1 rings (SSSR count). The highest BCUT2D eigenvalue weighted by Crippen LogP contribution is 2.41. The van der Waals surface area contributed by atoms with Crippen LogP contribution >= 0.6 is 15.9 Å². The second-order valence-corrected chi connectivity index (χ2v) is 3.68. The average Bonchev–Trinajstić information content (AvgIpc) is 2.14. The highest BCUT2D eigenvalue weighted by molar-refractivity contribution is 9.10. The summed E-state index contributed by atoms with van der Waals surface area (Å²) in [6, 6.07) is 1.99. The molecule has 8 heteroatoms. The number of hydrogen-bond donors (Lipinski definition) is 1. The summed E-state index contributed by atoms with van der Waals surface area (Å²) in [6.07, 6.45) is -4.68. The topological polar surface area (TPSA) is 69.2 Å². The molecule has 4 nitrogen and oxygen atoms in total. The van der Waals surface area contributed by atoms with Crippen molar-refractivity contribution in [3.8, 4) is 0 Å². The van der Waals surface area contributed by atoms with Gasteiger partial charge in [0, 0.05) is 12.6 Å². The Balaban J connectivity index is 3.53. The van der Waals surface area contributed by atoms with Crippen LogP contribution in [0.15, 0.2) is 16.6 Å². The molecule has 0 aliphatic carbocycles. The summed E-state index contributed by atoms with van der Waals surface area (Å²) in [4.78, 5) is 9.59. The largest absolute Gasteiger partial charge is 0.418 e. The molecular weight excluding hydrogens is 293 g/mol. The Bertz CT molecular complexity index is 434. The van der Waals surface area contributed by atoms with Gasteiger partial charge in [0.2, 0.25) is 0 Å². The van der Waals surface area contributed by atoms with E-state index in [0.29, 0.717) is 0 Å². The lowest BCUT2D eigenvalue weighted by molar-refractivity contribution is -0.386. The Labute approximate surface area is 96.5 Å². The van der Waals surface area contributed by atoms with Gasteiger partial charge in [-0.2, -0.15) is 13.2 Å². The molecule has 0 aliphatic rings. The van der Waals surface area contributed by atoms with Gasteiger partial charge in [-0.15, -0.1) is 0 Å². The summed E-state index contributed by atoms with van der Waals surface area (Å²) in [7, 11) is 0. The first kappa shape index (κ1) is 12.9. The van der Waals surface area contributed by atoms with Gasteiger partial charge in [-0.1, -0.05) is 6.07 Å². The summed E-state index contributed by atoms with van der Waals surface area (Å²) in [5, 5.41) is 10.5. The minimum atomic E-state index is -4.68. The zero-order valence-corrected chi connectivity index (χ0v) is 9.30. The molecule has 0 spiro atoms. The van der Waals surface area contributed by atoms with Gasteiger partial charge in [-0.3, -0.25) is 10.1 Å². The van der Waals surface area contributed by atoms with Crippen molar-refractivity contribution in [1.82, 2.24) is 0 Å². The third kappa shape index (κ3) is 2.33. The predicted octanol–water partition coefficient (Wildman–Crippen LogP) is 2.83. The van der Waals surface area contributed by atoms with Crippen molar-refractivity contribution in [1.29, 1.82) is 0 Å². The first-order chi connectivity index (χ1) is 7.29. The molecular formula is C8H6BrF3N2O2. The van der Waals surface area contributed by atoms with Gasteiger partial charge in [0.05, 0.1) is 10.5 Å². The highest BCUT2D eigenvalue weighted by Gasteiger charge is 2.38. The number of halogens is 4. The van der Waals surface area contributed by atoms with Crippen LogP contribution in [0.4, 0.5) is 18.9 Å². The van der Waals surface area contributed by atoms with Crippen molar-refractivity contribution >= 4 is 21.6 Å². The van der Waals surface area contributed by atoms with Gasteiger partial charge in [-0.25, -0.2) is 0 Å². The van der Waals surface area contributed by atoms with E-state index in [1.165, 1.54) is 0 Å². The molecule has 0 aromatic heterocycles. The van der Waals surface area contributed by atoms with E-state index < -0.39 is 26.8 Å². The van der Waals surface area contributed by atoms with E-state index in [-0.39, 0.29) is 12.1 Å². The third-order valence-electron chi connectivity index (χ3n) is 1.91. The first-order valence-electron chi connectivity index (χ1n) is 4.02. The fourth-order valence-electron chi connectivity index (χ4n) is 1.22. The maximum absolute atomic E-state index is 12.6. The molecule has 1 aromatic rings. The molecule has 0 unspecified atom stereocenters. The molecule has 0 fully saturated rings. The molecule has 0 aliphatic heterocycles. The van der Waals surface area contributed by atoms with Crippen LogP contribution in [0.1, 0.15) is 11.1 Å². The summed E-state index contributed by atoms with van der Waals surface area (Å²) in [5.74, 6) is 0. The van der Waals surface area contributed by atoms with Crippen molar-refractivity contribution < 1.29 is 18.1 Å². The van der Waals surface area contributed by atoms with E-state index >= 15 is 0 Å². The second kappa shape index (κ2) is 4.38. The second-order valence-electron chi connectivity index (χ2n) is 2.89. The van der Waals surface area contributed by atoms with Crippen LogP contribution in [0.3, 0.4) is 0 Å². The number of nitrogens with zero attached hydrogens (tertiary/aromatic N) is 1. The van der Waals surface area contributed by atoms with Crippen LogP contribution in [-0.4, -0.2) is 4.92 Å². The molecule has 0 saturated carbocycles. The standard InChI is InChI=1S/C8H6BrF3N2O2/c9-7-5(14(15)16)2-1-4(3-13)6(7)8(10,11)12/h1-2H,3,13H2. The van der Waals surface area contributed by atoms with Crippen molar-refractivity contribution in [2.45, 2.75) is 12.7 Å². The minimum absolute atomic E-state index is 0.190. The van der Waals surface area contributed by atoms with Crippen LogP contribution in [0, 0.1) is 10.1 Å². The van der Waals surface area contributed by atoms with Crippen LogP contribution in [-0.2, 0) is 12.7 Å². The van der Waals surface area contributed by atoms with E-state index in [0.717, 1.165) is 12.1 Å². The number of alkyl halides is 3. The van der Waals surface area contributed by atoms with Crippen molar-refractivity contribution in [3.63, 3.8) is 0 Å². The quantitative estimate of drug-likeness (QED) is 0.674.